The molecule has 1 aromatic carbocycles. The molecule has 0 spiro atoms. The molecule has 2 rings (SSSR count). The van der Waals surface area contributed by atoms with Gasteiger partial charge in [0.1, 0.15) is 6.54 Å². The minimum absolute atomic E-state index is 0.103. The molecule has 0 N–H and O–H groups in total. The van der Waals surface area contributed by atoms with E-state index in [1.807, 2.05) is 0 Å². The van der Waals surface area contributed by atoms with E-state index in [0.717, 1.165) is 0 Å². The van der Waals surface area contributed by atoms with Crippen molar-refractivity contribution < 1.29 is 26.4 Å². The normalized spacial score (nSPS) is 19.1. The zero-order chi connectivity index (χ0) is 19.4. The van der Waals surface area contributed by atoms with Crippen LogP contribution in [0.25, 0.3) is 0 Å². The van der Waals surface area contributed by atoms with Crippen molar-refractivity contribution >= 4 is 15.9 Å². The Morgan fingerprint density at radius 2 is 1.96 bits per heavy atom. The summed E-state index contributed by atoms with van der Waals surface area (Å²) in [6, 6.07) is 7.78. The maximum Gasteiger partial charge on any atom is 0.406 e. The minimum Gasteiger partial charge on any atom is -0.330 e. The highest BCUT2D eigenvalue weighted by molar-refractivity contribution is 7.89. The summed E-state index contributed by atoms with van der Waals surface area (Å²) in [7, 11) is -3.78. The Bertz CT molecular complexity index is 735. The van der Waals surface area contributed by atoms with E-state index in [0.29, 0.717) is 17.7 Å². The lowest BCUT2D eigenvalue weighted by molar-refractivity contribution is -0.163. The molecule has 9 heteroatoms. The molecule has 0 bridgehead atoms. The number of carbonyl (C=O) groups is 1. The average molecular weight is 390 g/mol. The van der Waals surface area contributed by atoms with Crippen LogP contribution in [-0.4, -0.2) is 55.9 Å². The van der Waals surface area contributed by atoms with Crippen LogP contribution >= 0.6 is 0 Å². The van der Waals surface area contributed by atoms with Crippen LogP contribution in [0.15, 0.2) is 47.9 Å². The molecule has 0 aliphatic carbocycles. The number of nitrogens with zero attached hydrogens (tertiary/aromatic N) is 2. The van der Waals surface area contributed by atoms with Gasteiger partial charge in [0, 0.05) is 19.6 Å². The zero-order valence-electron chi connectivity index (χ0n) is 14.2. The van der Waals surface area contributed by atoms with E-state index in [1.165, 1.54) is 22.5 Å². The Morgan fingerprint density at radius 1 is 1.31 bits per heavy atom. The van der Waals surface area contributed by atoms with Crippen LogP contribution < -0.4 is 0 Å². The van der Waals surface area contributed by atoms with Gasteiger partial charge in [-0.1, -0.05) is 24.3 Å². The summed E-state index contributed by atoms with van der Waals surface area (Å²) in [5.41, 5.74) is 0. The highest BCUT2D eigenvalue weighted by atomic mass is 32.2. The molecule has 1 heterocycles. The second-order valence-corrected chi connectivity index (χ2v) is 8.08. The minimum atomic E-state index is -4.52. The highest BCUT2D eigenvalue weighted by Gasteiger charge is 2.38. The molecule has 1 saturated heterocycles. The van der Waals surface area contributed by atoms with Crippen LogP contribution in [0, 0.1) is 5.92 Å². The summed E-state index contributed by atoms with van der Waals surface area (Å²) >= 11 is 0. The second-order valence-electron chi connectivity index (χ2n) is 6.14. The fraction of sp³-hybridized carbons (Fsp3) is 0.471. The van der Waals surface area contributed by atoms with Gasteiger partial charge in [-0.05, 0) is 25.0 Å². The number of alkyl halides is 3. The van der Waals surface area contributed by atoms with Crippen LogP contribution in [0.4, 0.5) is 13.2 Å². The smallest absolute Gasteiger partial charge is 0.330 e. The molecule has 1 amide bonds. The van der Waals surface area contributed by atoms with Gasteiger partial charge in [-0.15, -0.1) is 6.58 Å². The van der Waals surface area contributed by atoms with Crippen LogP contribution in [-0.2, 0) is 14.8 Å². The molecule has 1 fully saturated rings. The lowest BCUT2D eigenvalue weighted by Gasteiger charge is -2.34. The van der Waals surface area contributed by atoms with Gasteiger partial charge in [0.25, 0.3) is 0 Å². The monoisotopic (exact) mass is 390 g/mol. The number of sulfonamides is 1. The van der Waals surface area contributed by atoms with Gasteiger partial charge < -0.3 is 4.90 Å². The van der Waals surface area contributed by atoms with E-state index >= 15 is 0 Å². The molecule has 1 atom stereocenters. The Labute approximate surface area is 151 Å². The molecule has 1 aliphatic rings. The first-order valence-electron chi connectivity index (χ1n) is 8.17. The Balaban J connectivity index is 2.16. The number of hydrogen-bond acceptors (Lipinski definition) is 3. The van der Waals surface area contributed by atoms with Gasteiger partial charge in [-0.25, -0.2) is 8.42 Å². The fourth-order valence-electron chi connectivity index (χ4n) is 2.97. The number of piperidine rings is 1. The van der Waals surface area contributed by atoms with Crippen LogP contribution in [0.5, 0.6) is 0 Å². The van der Waals surface area contributed by atoms with Crippen molar-refractivity contribution in [3.05, 3.63) is 43.0 Å². The van der Waals surface area contributed by atoms with Crippen molar-refractivity contribution in [2.75, 3.05) is 26.2 Å². The molecule has 5 nitrogen and oxygen atoms in total. The van der Waals surface area contributed by atoms with E-state index < -0.39 is 34.6 Å². The van der Waals surface area contributed by atoms with Crippen molar-refractivity contribution in [3.8, 4) is 0 Å². The van der Waals surface area contributed by atoms with E-state index in [1.54, 1.807) is 18.2 Å². The summed E-state index contributed by atoms with van der Waals surface area (Å²) in [6.07, 6.45) is -2.53. The molecule has 144 valence electrons. The van der Waals surface area contributed by atoms with Crippen molar-refractivity contribution in [1.82, 2.24) is 9.21 Å². The third-order valence-corrected chi connectivity index (χ3v) is 6.03. The molecule has 0 aromatic heterocycles. The Morgan fingerprint density at radius 3 is 2.54 bits per heavy atom. The van der Waals surface area contributed by atoms with Gasteiger partial charge in [-0.2, -0.15) is 17.5 Å². The van der Waals surface area contributed by atoms with E-state index in [4.69, 9.17) is 0 Å². The summed E-state index contributed by atoms with van der Waals surface area (Å²) in [4.78, 5) is 13.3. The topological polar surface area (TPSA) is 57.7 Å². The predicted molar refractivity (Wildman–Crippen MR) is 90.8 cm³/mol. The SMILES string of the molecule is C=CCN(CC(F)(F)F)C(=O)C1CCCN(S(=O)(=O)c2ccccc2)C1. The van der Waals surface area contributed by atoms with Gasteiger partial charge in [0.05, 0.1) is 10.8 Å². The quantitative estimate of drug-likeness (QED) is 0.702. The van der Waals surface area contributed by atoms with E-state index in [2.05, 4.69) is 6.58 Å². The molecule has 26 heavy (non-hydrogen) atoms. The van der Waals surface area contributed by atoms with Gasteiger partial charge in [0.15, 0.2) is 0 Å². The van der Waals surface area contributed by atoms with Crippen LogP contribution in [0.3, 0.4) is 0 Å². The first-order valence-corrected chi connectivity index (χ1v) is 9.61. The molecule has 0 radical (unpaired) electrons. The van der Waals surface area contributed by atoms with Gasteiger partial charge in [-0.3, -0.25) is 4.79 Å². The molecule has 1 unspecified atom stereocenters. The first kappa shape index (κ1) is 20.4. The first-order chi connectivity index (χ1) is 12.1. The summed E-state index contributed by atoms with van der Waals surface area (Å²) in [6.45, 7) is 1.89. The lowest BCUT2D eigenvalue weighted by atomic mass is 9.98. The van der Waals surface area contributed by atoms with Gasteiger partial charge >= 0.3 is 6.18 Å². The summed E-state index contributed by atoms with van der Waals surface area (Å²) in [5, 5.41) is 0. The van der Waals surface area contributed by atoms with Gasteiger partial charge in [0.2, 0.25) is 15.9 Å². The maximum atomic E-state index is 12.7. The molecule has 0 saturated carbocycles. The van der Waals surface area contributed by atoms with Crippen LogP contribution in [0.2, 0.25) is 0 Å². The Kier molecular flexibility index (Phi) is 6.46. The summed E-state index contributed by atoms with van der Waals surface area (Å²) in [5.74, 6) is -1.50. The average Bonchev–Trinajstić information content (AvgIpc) is 2.60. The van der Waals surface area contributed by atoms with Crippen molar-refractivity contribution in [2.24, 2.45) is 5.92 Å². The number of carbonyl (C=O) groups excluding carboxylic acids is 1. The maximum absolute atomic E-state index is 12.7. The number of halogens is 3. The molecule has 1 aromatic rings. The number of amides is 1. The highest BCUT2D eigenvalue weighted by Crippen LogP contribution is 2.26. The van der Waals surface area contributed by atoms with E-state index in [-0.39, 0.29) is 24.5 Å². The number of hydrogen-bond donors (Lipinski definition) is 0. The predicted octanol–water partition coefficient (Wildman–Crippen LogP) is 2.66. The van der Waals surface area contributed by atoms with Crippen LogP contribution in [0.1, 0.15) is 12.8 Å². The largest absolute Gasteiger partial charge is 0.406 e. The van der Waals surface area contributed by atoms with Crippen molar-refractivity contribution in [3.63, 3.8) is 0 Å². The molecule has 1 aliphatic heterocycles. The molecular weight excluding hydrogens is 369 g/mol. The number of benzene rings is 1. The number of rotatable bonds is 6. The van der Waals surface area contributed by atoms with Crippen molar-refractivity contribution in [1.29, 1.82) is 0 Å². The second kappa shape index (κ2) is 8.22. The third kappa shape index (κ3) is 5.07. The summed E-state index contributed by atoms with van der Waals surface area (Å²) < 4.78 is 64.7. The zero-order valence-corrected chi connectivity index (χ0v) is 15.0. The van der Waals surface area contributed by atoms with E-state index in [9.17, 15) is 26.4 Å². The Hall–Kier alpha value is -1.87. The molecular formula is C17H21F3N2O3S. The standard InChI is InChI=1S/C17H21F3N2O3S/c1-2-10-21(13-17(18,19)20)16(23)14-7-6-11-22(12-14)26(24,25)15-8-4-3-5-9-15/h2-5,8-9,14H,1,6-7,10-13H2. The lowest BCUT2D eigenvalue weighted by Crippen LogP contribution is -2.48. The van der Waals surface area contributed by atoms with Crippen molar-refractivity contribution in [2.45, 2.75) is 23.9 Å². The third-order valence-electron chi connectivity index (χ3n) is 4.15. The fourth-order valence-corrected chi connectivity index (χ4v) is 4.51.